The van der Waals surface area contributed by atoms with Gasteiger partial charge >= 0.3 is 5.97 Å². The van der Waals surface area contributed by atoms with Crippen molar-refractivity contribution in [2.45, 2.75) is 51.0 Å². The van der Waals surface area contributed by atoms with Crippen LogP contribution in [0.15, 0.2) is 50.9 Å². The molecular formula is C26H28N4O5. The van der Waals surface area contributed by atoms with Crippen molar-refractivity contribution in [2.75, 3.05) is 19.0 Å². The number of hydrogen-bond donors (Lipinski definition) is 2. The molecule has 2 aromatic rings. The van der Waals surface area contributed by atoms with Crippen LogP contribution < -0.4 is 5.32 Å². The Morgan fingerprint density at radius 1 is 1.31 bits per heavy atom. The first-order valence-corrected chi connectivity index (χ1v) is 11.9. The van der Waals surface area contributed by atoms with E-state index in [9.17, 15) is 9.90 Å². The molecule has 1 atom stereocenters. The van der Waals surface area contributed by atoms with Crippen LogP contribution in [-0.4, -0.2) is 42.1 Å². The van der Waals surface area contributed by atoms with Crippen LogP contribution in [0.2, 0.25) is 0 Å². The third-order valence-corrected chi connectivity index (χ3v) is 6.70. The Morgan fingerprint density at radius 2 is 2.17 bits per heavy atom. The summed E-state index contributed by atoms with van der Waals surface area (Å²) in [5.41, 5.74) is 5.08. The molecule has 0 amide bonds. The number of carboxylic acids is 1. The maximum absolute atomic E-state index is 12.2. The van der Waals surface area contributed by atoms with Crippen molar-refractivity contribution < 1.29 is 23.9 Å². The first-order valence-electron chi connectivity index (χ1n) is 11.9. The Kier molecular flexibility index (Phi) is 6.15. The van der Waals surface area contributed by atoms with Gasteiger partial charge in [-0.2, -0.15) is 0 Å². The minimum Gasteiger partial charge on any atom is -0.481 e. The molecule has 1 aromatic carbocycles. The van der Waals surface area contributed by atoms with Crippen molar-refractivity contribution in [1.82, 2.24) is 5.16 Å². The lowest BCUT2D eigenvalue weighted by Crippen LogP contribution is -2.40. The van der Waals surface area contributed by atoms with E-state index in [1.807, 2.05) is 12.3 Å². The maximum Gasteiger partial charge on any atom is 0.356 e. The second-order valence-corrected chi connectivity index (χ2v) is 8.74. The molecule has 0 fully saturated rings. The summed E-state index contributed by atoms with van der Waals surface area (Å²) in [4.78, 5) is 21.0. The molecule has 2 N–H and O–H groups in total. The highest BCUT2D eigenvalue weighted by atomic mass is 16.6. The number of carboxylic acid groups (broad SMARTS) is 1. The zero-order chi connectivity index (χ0) is 24.4. The third-order valence-electron chi connectivity index (χ3n) is 6.70. The molecule has 0 saturated heterocycles. The number of methoxy groups -OCH3 is 1. The minimum absolute atomic E-state index is 0.105. The molecule has 9 nitrogen and oxygen atoms in total. The van der Waals surface area contributed by atoms with E-state index < -0.39 is 11.6 Å². The van der Waals surface area contributed by atoms with Gasteiger partial charge in [-0.15, -0.1) is 0 Å². The number of hydrogen-bond acceptors (Lipinski definition) is 8. The second-order valence-electron chi connectivity index (χ2n) is 8.74. The van der Waals surface area contributed by atoms with Gasteiger partial charge in [0.25, 0.3) is 11.6 Å². The molecule has 1 unspecified atom stereocenters. The zero-order valence-electron chi connectivity index (χ0n) is 19.8. The van der Waals surface area contributed by atoms with Gasteiger partial charge < -0.3 is 24.4 Å². The van der Waals surface area contributed by atoms with Crippen molar-refractivity contribution in [2.24, 2.45) is 9.98 Å². The van der Waals surface area contributed by atoms with E-state index in [-0.39, 0.29) is 18.3 Å². The molecule has 0 bridgehead atoms. The molecule has 3 heterocycles. The number of carbonyl (C=O) groups is 1. The van der Waals surface area contributed by atoms with Gasteiger partial charge in [-0.25, -0.2) is 14.8 Å². The molecule has 1 aromatic heterocycles. The second kappa shape index (κ2) is 9.40. The summed E-state index contributed by atoms with van der Waals surface area (Å²) in [7, 11) is 1.61. The Bertz CT molecular complexity index is 1260. The number of fused-ring (bicyclic) bond motifs is 1. The van der Waals surface area contributed by atoms with Crippen molar-refractivity contribution in [3.8, 4) is 0 Å². The number of aromatic nitrogens is 1. The number of benzene rings is 1. The van der Waals surface area contributed by atoms with Gasteiger partial charge in [0.1, 0.15) is 18.5 Å². The van der Waals surface area contributed by atoms with Crippen LogP contribution in [0.1, 0.15) is 54.1 Å². The molecule has 0 radical (unpaired) electrons. The SMILES string of the molecule is CCc1cc2c(c(NC3=NCC(C(=O)O)(c4ccon4)O3)c1C1=CCC=NC(OC)=C1)CCCC2. The topological polar surface area (TPSA) is 119 Å². The Balaban J connectivity index is 1.59. The van der Waals surface area contributed by atoms with Crippen LogP contribution in [0.4, 0.5) is 5.69 Å². The van der Waals surface area contributed by atoms with Crippen LogP contribution in [0.5, 0.6) is 0 Å². The number of aliphatic carboxylic acids is 1. The summed E-state index contributed by atoms with van der Waals surface area (Å²) in [5, 5.41) is 17.2. The number of aryl methyl sites for hydroxylation is 2. The number of ether oxygens (including phenoxy) is 2. The van der Waals surface area contributed by atoms with E-state index in [4.69, 9.17) is 14.0 Å². The number of anilines is 1. The fourth-order valence-electron chi connectivity index (χ4n) is 4.91. The summed E-state index contributed by atoms with van der Waals surface area (Å²) in [6.45, 7) is 2.03. The molecule has 0 saturated carbocycles. The van der Waals surface area contributed by atoms with Crippen molar-refractivity contribution in [3.63, 3.8) is 0 Å². The number of allylic oxidation sites excluding steroid dienone is 3. The lowest BCUT2D eigenvalue weighted by Gasteiger charge is -2.27. The van der Waals surface area contributed by atoms with E-state index >= 15 is 0 Å². The predicted octanol–water partition coefficient (Wildman–Crippen LogP) is 4.24. The quantitative estimate of drug-likeness (QED) is 0.640. The highest BCUT2D eigenvalue weighted by Crippen LogP contribution is 2.40. The molecule has 35 heavy (non-hydrogen) atoms. The molecule has 1 aliphatic carbocycles. The van der Waals surface area contributed by atoms with Gasteiger partial charge in [0.2, 0.25) is 5.88 Å². The number of nitrogens with zero attached hydrogens (tertiary/aromatic N) is 3. The molecule has 182 valence electrons. The number of rotatable bonds is 6. The van der Waals surface area contributed by atoms with Crippen LogP contribution >= 0.6 is 0 Å². The van der Waals surface area contributed by atoms with Gasteiger partial charge in [-0.05, 0) is 54.4 Å². The first kappa shape index (κ1) is 22.9. The normalized spacial score (nSPS) is 21.3. The standard InChI is InChI=1S/C26H28N4O5/c1-3-16-13-17-7-4-5-9-19(17)23(22(16)18-8-6-11-27-21(14-18)33-2)29-25-28-15-26(35-25,24(31)32)20-10-12-34-30-20/h8,10-14H,3-7,9,15H2,1-2H3,(H,28,29)(H,31,32). The van der Waals surface area contributed by atoms with Gasteiger partial charge in [-0.1, -0.05) is 24.2 Å². The number of amidine groups is 1. The van der Waals surface area contributed by atoms with E-state index in [0.717, 1.165) is 48.9 Å². The predicted molar refractivity (Wildman–Crippen MR) is 131 cm³/mol. The van der Waals surface area contributed by atoms with Crippen LogP contribution in [-0.2, 0) is 39.1 Å². The summed E-state index contributed by atoms with van der Waals surface area (Å²) in [5.74, 6) is -0.641. The lowest BCUT2D eigenvalue weighted by molar-refractivity contribution is -0.155. The summed E-state index contributed by atoms with van der Waals surface area (Å²) in [6.07, 6.45) is 12.9. The molecule has 9 heteroatoms. The van der Waals surface area contributed by atoms with Crippen molar-refractivity contribution in [3.05, 3.63) is 64.4 Å². The summed E-state index contributed by atoms with van der Waals surface area (Å²) >= 11 is 0. The van der Waals surface area contributed by atoms with Crippen molar-refractivity contribution >= 4 is 29.5 Å². The zero-order valence-corrected chi connectivity index (χ0v) is 19.8. The fraction of sp³-hybridized carbons (Fsp3) is 0.385. The van der Waals surface area contributed by atoms with Gasteiger partial charge in [0, 0.05) is 30.3 Å². The van der Waals surface area contributed by atoms with E-state index in [0.29, 0.717) is 12.3 Å². The smallest absolute Gasteiger partial charge is 0.356 e. The Hall–Kier alpha value is -3.88. The summed E-state index contributed by atoms with van der Waals surface area (Å²) < 4.78 is 16.3. The van der Waals surface area contributed by atoms with Crippen molar-refractivity contribution in [1.29, 1.82) is 0 Å². The Labute approximate surface area is 203 Å². The largest absolute Gasteiger partial charge is 0.481 e. The number of nitrogens with one attached hydrogen (secondary N) is 1. The minimum atomic E-state index is -1.73. The Morgan fingerprint density at radius 3 is 2.91 bits per heavy atom. The maximum atomic E-state index is 12.2. The van der Waals surface area contributed by atoms with E-state index in [1.54, 1.807) is 7.11 Å². The van der Waals surface area contributed by atoms with Crippen LogP contribution in [0, 0.1) is 0 Å². The third kappa shape index (κ3) is 4.11. The molecule has 3 aliphatic rings. The lowest BCUT2D eigenvalue weighted by atomic mass is 9.83. The van der Waals surface area contributed by atoms with E-state index in [1.165, 1.54) is 29.0 Å². The monoisotopic (exact) mass is 476 g/mol. The highest BCUT2D eigenvalue weighted by Gasteiger charge is 2.50. The van der Waals surface area contributed by atoms with E-state index in [2.05, 4.69) is 39.5 Å². The molecule has 5 rings (SSSR count). The van der Waals surface area contributed by atoms with Gasteiger partial charge in [-0.3, -0.25) is 0 Å². The van der Waals surface area contributed by atoms with Gasteiger partial charge in [0.05, 0.1) is 12.8 Å². The molecular weight excluding hydrogens is 448 g/mol. The number of aliphatic imine (C=N–C) groups is 2. The fourth-order valence-corrected chi connectivity index (χ4v) is 4.91. The molecule has 2 aliphatic heterocycles. The van der Waals surface area contributed by atoms with Gasteiger partial charge in [0.15, 0.2) is 0 Å². The van der Waals surface area contributed by atoms with Crippen LogP contribution in [0.25, 0.3) is 5.57 Å². The summed E-state index contributed by atoms with van der Waals surface area (Å²) in [6, 6.07) is 3.94. The van der Waals surface area contributed by atoms with Crippen LogP contribution in [0.3, 0.4) is 0 Å². The molecule has 0 spiro atoms. The average Bonchev–Trinajstić information content (AvgIpc) is 3.50. The average molecular weight is 477 g/mol. The highest BCUT2D eigenvalue weighted by molar-refractivity contribution is 6.00. The first-order chi connectivity index (χ1) is 17.1.